The SMILES string of the molecule is Cc1c(-c2ccc3c(c2)CCC2(CCN(C(N)=O)C(OC(C)C)C2)O3)ccc2ccnn12. The molecule has 7 heteroatoms. The molecule has 0 bridgehead atoms. The number of piperidine rings is 1. The Morgan fingerprint density at radius 3 is 2.88 bits per heavy atom. The quantitative estimate of drug-likeness (QED) is 0.666. The molecular formula is C25H30N4O3. The molecule has 0 aliphatic carbocycles. The van der Waals surface area contributed by atoms with E-state index in [-0.39, 0.29) is 17.9 Å². The van der Waals surface area contributed by atoms with Crippen molar-refractivity contribution in [3.8, 4) is 16.9 Å². The standard InChI is InChI=1S/C25H30N4O3/c1-16(2)31-23-15-25(11-13-28(23)24(26)30)10-8-19-14-18(4-7-22(19)32-25)21-6-5-20-9-12-27-29(20)17(21)3/h4-7,9,12,14,16,23H,8,10-11,13,15H2,1-3H3,(H2,26,30). The number of primary amides is 1. The van der Waals surface area contributed by atoms with Crippen molar-refractivity contribution in [1.82, 2.24) is 14.5 Å². The highest BCUT2D eigenvalue weighted by Gasteiger charge is 2.45. The number of carbonyl (C=O) groups excluding carboxylic acids is 1. The lowest BCUT2D eigenvalue weighted by Crippen LogP contribution is -2.58. The van der Waals surface area contributed by atoms with Gasteiger partial charge in [0, 0.05) is 36.8 Å². The molecule has 168 valence electrons. The number of likely N-dealkylation sites (tertiary alicyclic amines) is 1. The summed E-state index contributed by atoms with van der Waals surface area (Å²) in [6.07, 6.45) is 4.68. The summed E-state index contributed by atoms with van der Waals surface area (Å²) in [5.41, 5.74) is 11.0. The van der Waals surface area contributed by atoms with E-state index in [2.05, 4.69) is 42.4 Å². The van der Waals surface area contributed by atoms with Crippen molar-refractivity contribution < 1.29 is 14.3 Å². The maximum Gasteiger partial charge on any atom is 0.316 e. The summed E-state index contributed by atoms with van der Waals surface area (Å²) in [5, 5.41) is 4.44. The van der Waals surface area contributed by atoms with Gasteiger partial charge in [0.15, 0.2) is 0 Å². The fourth-order valence-electron chi connectivity index (χ4n) is 5.12. The number of aromatic nitrogens is 2. The summed E-state index contributed by atoms with van der Waals surface area (Å²) < 4.78 is 14.6. The number of rotatable bonds is 3. The van der Waals surface area contributed by atoms with Gasteiger partial charge in [0.25, 0.3) is 0 Å². The highest BCUT2D eigenvalue weighted by atomic mass is 16.5. The third-order valence-corrected chi connectivity index (χ3v) is 6.76. The Morgan fingerprint density at radius 2 is 2.09 bits per heavy atom. The summed E-state index contributed by atoms with van der Waals surface area (Å²) in [6, 6.07) is 12.3. The van der Waals surface area contributed by atoms with Gasteiger partial charge in [0.1, 0.15) is 17.6 Å². The number of urea groups is 1. The van der Waals surface area contributed by atoms with Crippen molar-refractivity contribution in [2.75, 3.05) is 6.54 Å². The molecule has 2 aliphatic heterocycles. The normalized spacial score (nSPS) is 22.9. The van der Waals surface area contributed by atoms with Crippen molar-refractivity contribution in [3.05, 3.63) is 53.9 Å². The highest BCUT2D eigenvalue weighted by molar-refractivity contribution is 5.72. The molecule has 0 saturated carbocycles. The number of nitrogens with zero attached hydrogens (tertiary/aromatic N) is 3. The molecule has 2 amide bonds. The monoisotopic (exact) mass is 434 g/mol. The van der Waals surface area contributed by atoms with E-state index in [0.717, 1.165) is 36.2 Å². The van der Waals surface area contributed by atoms with Gasteiger partial charge in [-0.1, -0.05) is 12.1 Å². The number of fused-ring (bicyclic) bond motifs is 2. The Morgan fingerprint density at radius 1 is 1.25 bits per heavy atom. The first kappa shape index (κ1) is 20.8. The van der Waals surface area contributed by atoms with Gasteiger partial charge < -0.3 is 15.2 Å². The zero-order valence-corrected chi connectivity index (χ0v) is 18.9. The minimum absolute atomic E-state index is 0.00537. The maximum atomic E-state index is 11.9. The van der Waals surface area contributed by atoms with Crippen LogP contribution >= 0.6 is 0 Å². The van der Waals surface area contributed by atoms with Crippen LogP contribution in [0.25, 0.3) is 16.6 Å². The van der Waals surface area contributed by atoms with E-state index in [1.807, 2.05) is 30.6 Å². The maximum absolute atomic E-state index is 11.9. The number of nitrogens with two attached hydrogens (primary N) is 1. The lowest BCUT2D eigenvalue weighted by atomic mass is 9.82. The van der Waals surface area contributed by atoms with Crippen LogP contribution in [-0.4, -0.2) is 45.0 Å². The first-order valence-corrected chi connectivity index (χ1v) is 11.3. The van der Waals surface area contributed by atoms with Crippen LogP contribution in [-0.2, 0) is 11.2 Å². The van der Waals surface area contributed by atoms with Crippen LogP contribution in [0.4, 0.5) is 4.79 Å². The predicted molar refractivity (Wildman–Crippen MR) is 123 cm³/mol. The molecule has 1 saturated heterocycles. The van der Waals surface area contributed by atoms with Crippen LogP contribution < -0.4 is 10.5 Å². The molecule has 2 aromatic heterocycles. The third kappa shape index (κ3) is 3.60. The summed E-state index contributed by atoms with van der Waals surface area (Å²) in [5.74, 6) is 0.925. The average Bonchev–Trinajstić information content (AvgIpc) is 3.23. The second-order valence-electron chi connectivity index (χ2n) is 9.23. The third-order valence-electron chi connectivity index (χ3n) is 6.76. The Bertz CT molecular complexity index is 1170. The van der Waals surface area contributed by atoms with E-state index in [9.17, 15) is 4.79 Å². The zero-order valence-electron chi connectivity index (χ0n) is 18.9. The summed E-state index contributed by atoms with van der Waals surface area (Å²) in [7, 11) is 0. The highest BCUT2D eigenvalue weighted by Crippen LogP contribution is 2.42. The number of carbonyl (C=O) groups is 1. The van der Waals surface area contributed by atoms with Gasteiger partial charge in [-0.25, -0.2) is 9.31 Å². The van der Waals surface area contributed by atoms with Crippen molar-refractivity contribution in [2.45, 2.75) is 64.4 Å². The Hall–Kier alpha value is -3.06. The molecule has 3 aromatic rings. The van der Waals surface area contributed by atoms with Gasteiger partial charge in [0.05, 0.1) is 11.6 Å². The molecular weight excluding hydrogens is 404 g/mol. The van der Waals surface area contributed by atoms with Gasteiger partial charge in [-0.3, -0.25) is 4.90 Å². The van der Waals surface area contributed by atoms with E-state index in [1.165, 1.54) is 16.7 Å². The molecule has 2 unspecified atom stereocenters. The molecule has 2 N–H and O–H groups in total. The molecule has 5 rings (SSSR count). The number of hydrogen-bond acceptors (Lipinski definition) is 4. The molecule has 0 radical (unpaired) electrons. The topological polar surface area (TPSA) is 82.1 Å². The number of aryl methyl sites for hydroxylation is 2. The largest absolute Gasteiger partial charge is 0.487 e. The van der Waals surface area contributed by atoms with Crippen molar-refractivity contribution in [3.63, 3.8) is 0 Å². The number of benzene rings is 1. The number of amides is 2. The molecule has 1 aromatic carbocycles. The van der Waals surface area contributed by atoms with Gasteiger partial charge in [-0.2, -0.15) is 5.10 Å². The van der Waals surface area contributed by atoms with E-state index < -0.39 is 6.03 Å². The molecule has 4 heterocycles. The van der Waals surface area contributed by atoms with E-state index in [4.69, 9.17) is 15.2 Å². The molecule has 1 spiro atoms. The fraction of sp³-hybridized carbons (Fsp3) is 0.440. The van der Waals surface area contributed by atoms with Crippen LogP contribution in [0.3, 0.4) is 0 Å². The minimum Gasteiger partial charge on any atom is -0.487 e. The first-order chi connectivity index (χ1) is 15.3. The van der Waals surface area contributed by atoms with Crippen molar-refractivity contribution in [1.29, 1.82) is 0 Å². The predicted octanol–water partition coefficient (Wildman–Crippen LogP) is 4.30. The van der Waals surface area contributed by atoms with Crippen molar-refractivity contribution >= 4 is 11.5 Å². The first-order valence-electron chi connectivity index (χ1n) is 11.3. The van der Waals surface area contributed by atoms with Crippen LogP contribution in [0.15, 0.2) is 42.6 Å². The second-order valence-corrected chi connectivity index (χ2v) is 9.23. The average molecular weight is 435 g/mol. The molecule has 7 nitrogen and oxygen atoms in total. The number of pyridine rings is 1. The Labute approximate surface area is 188 Å². The number of ether oxygens (including phenoxy) is 2. The second kappa shape index (κ2) is 7.81. The smallest absolute Gasteiger partial charge is 0.316 e. The molecule has 2 atom stereocenters. The summed E-state index contributed by atoms with van der Waals surface area (Å²) >= 11 is 0. The minimum atomic E-state index is -0.434. The van der Waals surface area contributed by atoms with Crippen LogP contribution in [0, 0.1) is 6.92 Å². The van der Waals surface area contributed by atoms with E-state index >= 15 is 0 Å². The number of hydrogen-bond donors (Lipinski definition) is 1. The zero-order chi connectivity index (χ0) is 22.5. The van der Waals surface area contributed by atoms with Gasteiger partial charge >= 0.3 is 6.03 Å². The lowest BCUT2D eigenvalue weighted by molar-refractivity contribution is -0.138. The Kier molecular flexibility index (Phi) is 5.08. The Balaban J connectivity index is 1.41. The van der Waals surface area contributed by atoms with Crippen LogP contribution in [0.1, 0.15) is 44.4 Å². The van der Waals surface area contributed by atoms with Gasteiger partial charge in [-0.05, 0) is 69.0 Å². The van der Waals surface area contributed by atoms with E-state index in [0.29, 0.717) is 13.0 Å². The molecule has 2 aliphatic rings. The van der Waals surface area contributed by atoms with Crippen LogP contribution in [0.5, 0.6) is 5.75 Å². The van der Waals surface area contributed by atoms with Gasteiger partial charge in [0.2, 0.25) is 0 Å². The van der Waals surface area contributed by atoms with Gasteiger partial charge in [-0.15, -0.1) is 0 Å². The molecule has 32 heavy (non-hydrogen) atoms. The lowest BCUT2D eigenvalue weighted by Gasteiger charge is -2.48. The molecule has 1 fully saturated rings. The summed E-state index contributed by atoms with van der Waals surface area (Å²) in [6.45, 7) is 6.59. The summed E-state index contributed by atoms with van der Waals surface area (Å²) in [4.78, 5) is 13.5. The van der Waals surface area contributed by atoms with E-state index in [1.54, 1.807) is 4.90 Å². The van der Waals surface area contributed by atoms with Crippen molar-refractivity contribution in [2.24, 2.45) is 5.73 Å². The van der Waals surface area contributed by atoms with Crippen LogP contribution in [0.2, 0.25) is 0 Å². The fourth-order valence-corrected chi connectivity index (χ4v) is 5.12.